The summed E-state index contributed by atoms with van der Waals surface area (Å²) in [7, 11) is 0. The van der Waals surface area contributed by atoms with Gasteiger partial charge in [-0.1, -0.05) is 27.2 Å². The van der Waals surface area contributed by atoms with Crippen LogP contribution < -0.4 is 0 Å². The number of unbranched alkanes of at least 4 members (excludes halogenated alkanes) is 1. The third-order valence-corrected chi connectivity index (χ3v) is 8.68. The molecule has 0 spiro atoms. The van der Waals surface area contributed by atoms with Crippen LogP contribution in [0.15, 0.2) is 0 Å². The molecule has 59 heavy (non-hydrogen) atoms. The molecule has 0 bridgehead atoms. The predicted octanol–water partition coefficient (Wildman–Crippen LogP) is 7.44. The van der Waals surface area contributed by atoms with Crippen molar-refractivity contribution in [2.75, 3.05) is 99.1 Å². The Kier molecular flexibility index (Phi) is 38.7. The van der Waals surface area contributed by atoms with E-state index in [1.165, 1.54) is 0 Å². The van der Waals surface area contributed by atoms with E-state index in [-0.39, 0.29) is 67.1 Å². The predicted molar refractivity (Wildman–Crippen MR) is 232 cm³/mol. The summed E-state index contributed by atoms with van der Waals surface area (Å²) in [5.41, 5.74) is 0. The van der Waals surface area contributed by atoms with Gasteiger partial charge in [-0.2, -0.15) is 0 Å². The molecule has 0 aliphatic heterocycles. The van der Waals surface area contributed by atoms with E-state index in [1.807, 2.05) is 76.2 Å². The highest BCUT2D eigenvalue weighted by molar-refractivity contribution is 4.61. The second-order valence-corrected chi connectivity index (χ2v) is 16.2. The fourth-order valence-corrected chi connectivity index (χ4v) is 4.92. The fraction of sp³-hybridized carbons (Fsp3) is 1.00. The number of ether oxygens (including phenoxy) is 14. The number of rotatable bonds is 44. The van der Waals surface area contributed by atoms with Crippen LogP contribution in [0.25, 0.3) is 0 Å². The van der Waals surface area contributed by atoms with Crippen LogP contribution in [0, 0.1) is 0 Å². The molecule has 0 amide bonds. The van der Waals surface area contributed by atoms with E-state index in [0.717, 1.165) is 38.9 Å². The van der Waals surface area contributed by atoms with Crippen LogP contribution in [0.2, 0.25) is 0 Å². The maximum Gasteiger partial charge on any atom is 0.181 e. The molecule has 0 fully saturated rings. The molecule has 0 aliphatic rings. The van der Waals surface area contributed by atoms with Crippen LogP contribution >= 0.6 is 0 Å². The van der Waals surface area contributed by atoms with E-state index in [9.17, 15) is 0 Å². The van der Waals surface area contributed by atoms with Crippen molar-refractivity contribution < 1.29 is 66.3 Å². The minimum atomic E-state index is -0.545. The first kappa shape index (κ1) is 58.4. The van der Waals surface area contributed by atoms with Gasteiger partial charge in [0.2, 0.25) is 0 Å². The summed E-state index contributed by atoms with van der Waals surface area (Å²) in [6, 6.07) is 0. The normalized spacial score (nSPS) is 18.4. The average Bonchev–Trinajstić information content (AvgIpc) is 3.22. The first-order chi connectivity index (χ1) is 28.2. The lowest BCUT2D eigenvalue weighted by Crippen LogP contribution is -2.33. The largest absolute Gasteiger partial charge is 0.376 e. The summed E-state index contributed by atoms with van der Waals surface area (Å²) in [4.78, 5) is 0. The molecule has 12 atom stereocenters. The first-order valence-corrected chi connectivity index (χ1v) is 22.8. The molecule has 0 saturated carbocycles. The van der Waals surface area contributed by atoms with E-state index in [4.69, 9.17) is 66.3 Å². The van der Waals surface area contributed by atoms with Crippen molar-refractivity contribution in [3.63, 3.8) is 0 Å². The standard InChI is InChI=1S/C45H92O14/c1-15-18-21-46-33-45(58-31-43(13)56-29-41(11)54-27-39(9)52-25-37(7)50-23-35(5)48-20-17-3)59-32-44(14)57-30-42(12)55-28-40(10)53-26-38(8)51-24-36(6)49-22-34(4)47-19-16-2/h34-45H,15-33H2,1-14H3. The van der Waals surface area contributed by atoms with Gasteiger partial charge in [0.25, 0.3) is 0 Å². The van der Waals surface area contributed by atoms with Crippen molar-refractivity contribution in [1.29, 1.82) is 0 Å². The average molecular weight is 857 g/mol. The van der Waals surface area contributed by atoms with E-state index in [1.54, 1.807) is 0 Å². The van der Waals surface area contributed by atoms with Gasteiger partial charge in [0.15, 0.2) is 6.29 Å². The highest BCUT2D eigenvalue weighted by Gasteiger charge is 2.18. The molecule has 0 saturated heterocycles. The molecule has 0 radical (unpaired) electrons. The van der Waals surface area contributed by atoms with E-state index in [2.05, 4.69) is 20.8 Å². The monoisotopic (exact) mass is 857 g/mol. The molecule has 0 heterocycles. The highest BCUT2D eigenvalue weighted by atomic mass is 16.7. The molecule has 0 aromatic carbocycles. The molecule has 14 heteroatoms. The zero-order chi connectivity index (χ0) is 44.3. The van der Waals surface area contributed by atoms with Crippen molar-refractivity contribution in [1.82, 2.24) is 0 Å². The third kappa shape index (κ3) is 37.7. The van der Waals surface area contributed by atoms with Gasteiger partial charge in [-0.25, -0.2) is 0 Å². The van der Waals surface area contributed by atoms with E-state index in [0.29, 0.717) is 85.9 Å². The lowest BCUT2D eigenvalue weighted by Gasteiger charge is -2.25. The molecule has 14 nitrogen and oxygen atoms in total. The van der Waals surface area contributed by atoms with Crippen LogP contribution in [0.1, 0.15) is 123 Å². The van der Waals surface area contributed by atoms with Crippen molar-refractivity contribution in [2.24, 2.45) is 0 Å². The van der Waals surface area contributed by atoms with E-state index < -0.39 is 6.29 Å². The Labute approximate surface area is 360 Å². The maximum atomic E-state index is 6.10. The molecular weight excluding hydrogens is 764 g/mol. The highest BCUT2D eigenvalue weighted by Crippen LogP contribution is 2.09. The zero-order valence-corrected chi connectivity index (χ0v) is 40.1. The van der Waals surface area contributed by atoms with Crippen molar-refractivity contribution in [3.05, 3.63) is 0 Å². The number of hydrogen-bond acceptors (Lipinski definition) is 14. The fourth-order valence-electron chi connectivity index (χ4n) is 4.92. The van der Waals surface area contributed by atoms with Gasteiger partial charge in [0.05, 0.1) is 146 Å². The van der Waals surface area contributed by atoms with Gasteiger partial charge in [-0.3, -0.25) is 0 Å². The molecule has 0 aliphatic carbocycles. The van der Waals surface area contributed by atoms with E-state index >= 15 is 0 Å². The molecule has 0 aromatic heterocycles. The second kappa shape index (κ2) is 39.1. The lowest BCUT2D eigenvalue weighted by molar-refractivity contribution is -0.201. The Balaban J connectivity index is 4.36. The van der Waals surface area contributed by atoms with Crippen LogP contribution in [0.5, 0.6) is 0 Å². The van der Waals surface area contributed by atoms with Gasteiger partial charge < -0.3 is 66.3 Å². The Bertz CT molecular complexity index is 890. The topological polar surface area (TPSA) is 129 Å². The van der Waals surface area contributed by atoms with Gasteiger partial charge in [-0.15, -0.1) is 0 Å². The quantitative estimate of drug-likeness (QED) is 0.0445. The second-order valence-electron chi connectivity index (χ2n) is 16.2. The SMILES string of the molecule is CCCCOCC(OCC(C)OCC(C)OCC(C)OCC(C)OCC(C)OCCC)OCC(C)OCC(C)OCC(C)OCC(C)OCC(C)OCC(C)OCCC. The molecule has 12 unspecified atom stereocenters. The minimum Gasteiger partial charge on any atom is -0.376 e. The summed E-state index contributed by atoms with van der Waals surface area (Å²) >= 11 is 0. The Morgan fingerprint density at radius 2 is 0.458 bits per heavy atom. The molecule has 0 aromatic rings. The minimum absolute atomic E-state index is 0.0194. The van der Waals surface area contributed by atoms with Gasteiger partial charge in [0.1, 0.15) is 0 Å². The molecular formula is C45H92O14. The smallest absolute Gasteiger partial charge is 0.181 e. The Morgan fingerprint density at radius 3 is 0.678 bits per heavy atom. The van der Waals surface area contributed by atoms with Crippen molar-refractivity contribution >= 4 is 0 Å². The third-order valence-electron chi connectivity index (χ3n) is 8.68. The summed E-state index contributed by atoms with van der Waals surface area (Å²) in [6.45, 7) is 35.8. The van der Waals surface area contributed by atoms with Crippen molar-refractivity contribution in [3.8, 4) is 0 Å². The Morgan fingerprint density at radius 1 is 0.237 bits per heavy atom. The lowest BCUT2D eigenvalue weighted by atomic mass is 10.3. The molecule has 0 N–H and O–H groups in total. The summed E-state index contributed by atoms with van der Waals surface area (Å²) in [6.07, 6.45) is 2.82. The summed E-state index contributed by atoms with van der Waals surface area (Å²) in [5.74, 6) is 0. The zero-order valence-electron chi connectivity index (χ0n) is 40.1. The van der Waals surface area contributed by atoms with Crippen LogP contribution in [0.4, 0.5) is 0 Å². The van der Waals surface area contributed by atoms with Crippen molar-refractivity contribution in [2.45, 2.75) is 196 Å². The van der Waals surface area contributed by atoms with Crippen LogP contribution in [0.3, 0.4) is 0 Å². The van der Waals surface area contributed by atoms with Crippen LogP contribution in [-0.2, 0) is 66.3 Å². The van der Waals surface area contributed by atoms with Gasteiger partial charge in [0, 0.05) is 19.8 Å². The Hall–Kier alpha value is -0.560. The first-order valence-electron chi connectivity index (χ1n) is 22.8. The molecule has 356 valence electrons. The maximum absolute atomic E-state index is 6.10. The summed E-state index contributed by atoms with van der Waals surface area (Å²) < 4.78 is 82.9. The van der Waals surface area contributed by atoms with Gasteiger partial charge in [-0.05, 0) is 95.4 Å². The summed E-state index contributed by atoms with van der Waals surface area (Å²) in [5, 5.41) is 0. The van der Waals surface area contributed by atoms with Crippen LogP contribution in [-0.4, -0.2) is 173 Å². The van der Waals surface area contributed by atoms with Gasteiger partial charge >= 0.3 is 0 Å². The molecule has 0 rings (SSSR count). The number of hydrogen-bond donors (Lipinski definition) is 0.